The van der Waals surface area contributed by atoms with Crippen molar-refractivity contribution in [1.82, 2.24) is 0 Å². The summed E-state index contributed by atoms with van der Waals surface area (Å²) in [5.74, 6) is 2.15. The van der Waals surface area contributed by atoms with E-state index in [1.807, 2.05) is 0 Å². The average molecular weight is 439 g/mol. The number of rotatable bonds is 3. The molecule has 0 N–H and O–H groups in total. The molecule has 5 fully saturated rings. The third-order valence-electron chi connectivity index (χ3n) is 10.6. The largest absolute Gasteiger partial charge is 0.373 e. The molecule has 176 valence electrons. The van der Waals surface area contributed by atoms with Crippen molar-refractivity contribution in [2.45, 2.75) is 110 Å². The van der Waals surface area contributed by atoms with Gasteiger partial charge in [0.2, 0.25) is 0 Å². The van der Waals surface area contributed by atoms with Gasteiger partial charge in [-0.25, -0.2) is 0 Å². The van der Waals surface area contributed by atoms with E-state index < -0.39 is 5.79 Å². The van der Waals surface area contributed by atoms with Crippen molar-refractivity contribution in [3.63, 3.8) is 0 Å². The first kappa shape index (κ1) is 21.6. The number of benzene rings is 1. The molecule has 5 aliphatic rings. The van der Waals surface area contributed by atoms with E-state index in [-0.39, 0.29) is 17.6 Å². The van der Waals surface area contributed by atoms with Gasteiger partial charge in [0.15, 0.2) is 5.79 Å². The van der Waals surface area contributed by atoms with E-state index in [1.54, 1.807) is 0 Å². The Balaban J connectivity index is 1.37. The second kappa shape index (κ2) is 7.55. The van der Waals surface area contributed by atoms with Crippen molar-refractivity contribution in [3.8, 4) is 0 Å². The summed E-state index contributed by atoms with van der Waals surface area (Å²) < 4.78 is 20.4. The molecular weight excluding hydrogens is 396 g/mol. The summed E-state index contributed by atoms with van der Waals surface area (Å²) in [6, 6.07) is 10.7. The maximum absolute atomic E-state index is 6.83. The Morgan fingerprint density at radius 1 is 0.812 bits per heavy atom. The third-order valence-corrected chi connectivity index (χ3v) is 10.6. The molecule has 3 nitrogen and oxygen atoms in total. The molecule has 0 radical (unpaired) electrons. The molecule has 9 atom stereocenters. The first-order valence-electron chi connectivity index (χ1n) is 13.3. The van der Waals surface area contributed by atoms with Gasteiger partial charge in [-0.15, -0.1) is 0 Å². The molecule has 1 heterocycles. The minimum atomic E-state index is -0.463. The average Bonchev–Trinajstić information content (AvgIpc) is 3.31. The molecule has 0 aromatic heterocycles. The lowest BCUT2D eigenvalue weighted by Crippen LogP contribution is -2.65. The van der Waals surface area contributed by atoms with Gasteiger partial charge >= 0.3 is 0 Å². The third kappa shape index (κ3) is 3.17. The second-order valence-corrected chi connectivity index (χ2v) is 12.6. The Bertz CT molecular complexity index is 836. The smallest absolute Gasteiger partial charge is 0.163 e. The van der Waals surface area contributed by atoms with Crippen molar-refractivity contribution in [3.05, 3.63) is 35.9 Å². The fraction of sp³-hybridized carbons (Fsp3) is 0.793. The zero-order valence-corrected chi connectivity index (χ0v) is 20.5. The highest BCUT2D eigenvalue weighted by Crippen LogP contribution is 2.68. The first-order chi connectivity index (χ1) is 15.3. The van der Waals surface area contributed by atoms with Gasteiger partial charge in [0.05, 0.1) is 24.9 Å². The van der Waals surface area contributed by atoms with Gasteiger partial charge in [0.25, 0.3) is 0 Å². The highest BCUT2D eigenvalue weighted by atomic mass is 16.8. The molecule has 4 aliphatic carbocycles. The standard InChI is InChI=1S/C29H42O3/c1-27(2)31-25-22-12-8-14-23(30-18-19-10-6-5-7-11-19)29(22,4)21-15-17-28(3)16-9-13-20(28)24(21)26(25)32-27/h5-7,10-11,20-26H,8-9,12-18H2,1-4H3/t20?,21?,22?,23-,24?,25+,26+,28-,29+/m0/s1. The van der Waals surface area contributed by atoms with Crippen LogP contribution in [0.5, 0.6) is 0 Å². The molecule has 0 spiro atoms. The minimum Gasteiger partial charge on any atom is -0.373 e. The quantitative estimate of drug-likeness (QED) is 0.523. The summed E-state index contributed by atoms with van der Waals surface area (Å²) in [5, 5.41) is 0. The molecule has 6 rings (SSSR count). The fourth-order valence-corrected chi connectivity index (χ4v) is 9.24. The lowest BCUT2D eigenvalue weighted by atomic mass is 9.43. The Morgan fingerprint density at radius 3 is 2.38 bits per heavy atom. The Hall–Kier alpha value is -0.900. The summed E-state index contributed by atoms with van der Waals surface area (Å²) in [6.07, 6.45) is 11.4. The highest BCUT2D eigenvalue weighted by Gasteiger charge is 2.68. The molecule has 1 aliphatic heterocycles. The molecule has 4 saturated carbocycles. The van der Waals surface area contributed by atoms with Gasteiger partial charge in [-0.2, -0.15) is 0 Å². The van der Waals surface area contributed by atoms with Crippen molar-refractivity contribution < 1.29 is 14.2 Å². The van der Waals surface area contributed by atoms with Crippen LogP contribution in [0.2, 0.25) is 0 Å². The van der Waals surface area contributed by atoms with E-state index in [0.717, 1.165) is 12.5 Å². The van der Waals surface area contributed by atoms with E-state index in [9.17, 15) is 0 Å². The summed E-state index contributed by atoms with van der Waals surface area (Å²) in [7, 11) is 0. The Kier molecular flexibility index (Phi) is 5.10. The molecule has 1 aromatic carbocycles. The normalized spacial score (nSPS) is 49.1. The van der Waals surface area contributed by atoms with Crippen LogP contribution in [-0.4, -0.2) is 24.1 Å². The monoisotopic (exact) mass is 438 g/mol. The molecule has 0 bridgehead atoms. The molecule has 1 saturated heterocycles. The van der Waals surface area contributed by atoms with Crippen LogP contribution >= 0.6 is 0 Å². The van der Waals surface area contributed by atoms with Crippen LogP contribution in [0.4, 0.5) is 0 Å². The van der Waals surface area contributed by atoms with E-state index in [4.69, 9.17) is 14.2 Å². The van der Waals surface area contributed by atoms with Crippen molar-refractivity contribution in [2.75, 3.05) is 0 Å². The lowest BCUT2D eigenvalue weighted by molar-refractivity contribution is -0.224. The summed E-state index contributed by atoms with van der Waals surface area (Å²) in [5.41, 5.74) is 1.96. The predicted molar refractivity (Wildman–Crippen MR) is 126 cm³/mol. The first-order valence-corrected chi connectivity index (χ1v) is 13.3. The minimum absolute atomic E-state index is 0.173. The van der Waals surface area contributed by atoms with Gasteiger partial charge in [-0.05, 0) is 87.0 Å². The fourth-order valence-electron chi connectivity index (χ4n) is 9.24. The van der Waals surface area contributed by atoms with Gasteiger partial charge < -0.3 is 14.2 Å². The van der Waals surface area contributed by atoms with Crippen LogP contribution in [0, 0.1) is 34.5 Å². The Labute approximate surface area is 194 Å². The van der Waals surface area contributed by atoms with Crippen molar-refractivity contribution >= 4 is 0 Å². The number of hydrogen-bond donors (Lipinski definition) is 0. The second-order valence-electron chi connectivity index (χ2n) is 12.6. The summed E-state index contributed by atoms with van der Waals surface area (Å²) in [4.78, 5) is 0. The molecule has 0 amide bonds. The topological polar surface area (TPSA) is 27.7 Å². The van der Waals surface area contributed by atoms with Crippen LogP contribution < -0.4 is 0 Å². The van der Waals surface area contributed by atoms with Crippen LogP contribution in [0.3, 0.4) is 0 Å². The zero-order valence-electron chi connectivity index (χ0n) is 20.5. The summed E-state index contributed by atoms with van der Waals surface area (Å²) in [6.45, 7) is 10.2. The van der Waals surface area contributed by atoms with Crippen molar-refractivity contribution in [2.24, 2.45) is 34.5 Å². The molecule has 1 aromatic rings. The van der Waals surface area contributed by atoms with Crippen molar-refractivity contribution in [1.29, 1.82) is 0 Å². The van der Waals surface area contributed by atoms with Gasteiger partial charge in [-0.1, -0.05) is 57.0 Å². The van der Waals surface area contributed by atoms with E-state index >= 15 is 0 Å². The maximum atomic E-state index is 6.83. The van der Waals surface area contributed by atoms with E-state index in [1.165, 1.54) is 56.9 Å². The summed E-state index contributed by atoms with van der Waals surface area (Å²) >= 11 is 0. The maximum Gasteiger partial charge on any atom is 0.163 e. The predicted octanol–water partition coefficient (Wildman–Crippen LogP) is 6.74. The molecule has 4 unspecified atom stereocenters. The van der Waals surface area contributed by atoms with Gasteiger partial charge in [-0.3, -0.25) is 0 Å². The van der Waals surface area contributed by atoms with Crippen LogP contribution in [-0.2, 0) is 20.8 Å². The van der Waals surface area contributed by atoms with Gasteiger partial charge in [0.1, 0.15) is 0 Å². The Morgan fingerprint density at radius 2 is 1.56 bits per heavy atom. The number of fused-ring (bicyclic) bond motifs is 8. The molecule has 32 heavy (non-hydrogen) atoms. The van der Waals surface area contributed by atoms with Crippen LogP contribution in [0.1, 0.15) is 84.6 Å². The highest BCUT2D eigenvalue weighted by molar-refractivity contribution is 5.17. The van der Waals surface area contributed by atoms with E-state index in [0.29, 0.717) is 29.3 Å². The zero-order chi connectivity index (χ0) is 22.1. The van der Waals surface area contributed by atoms with Crippen LogP contribution in [0.25, 0.3) is 0 Å². The van der Waals surface area contributed by atoms with Gasteiger partial charge in [0, 0.05) is 5.41 Å². The molecule has 3 heteroatoms. The molecular formula is C29H42O3. The number of ether oxygens (including phenoxy) is 3. The lowest BCUT2D eigenvalue weighted by Gasteiger charge is -2.64. The van der Waals surface area contributed by atoms with E-state index in [2.05, 4.69) is 58.0 Å². The number of hydrogen-bond acceptors (Lipinski definition) is 3. The van der Waals surface area contributed by atoms with Crippen LogP contribution in [0.15, 0.2) is 30.3 Å². The SMILES string of the molecule is CC1(C)O[C@@H]2C3C4CCC[C@@]4(C)CCC3[C@]3(C)C(CCC[C@@H]3OCc3ccccc3)[C@H]2O1.